The quantitative estimate of drug-likeness (QED) is 0.418. The van der Waals surface area contributed by atoms with Crippen LogP contribution in [0.1, 0.15) is 39.3 Å². The fourth-order valence-corrected chi connectivity index (χ4v) is 4.93. The summed E-state index contributed by atoms with van der Waals surface area (Å²) in [5, 5.41) is 16.5. The van der Waals surface area contributed by atoms with E-state index in [2.05, 4.69) is 15.4 Å². The lowest BCUT2D eigenvalue weighted by molar-refractivity contribution is -0.137. The van der Waals surface area contributed by atoms with E-state index in [0.29, 0.717) is 17.0 Å². The van der Waals surface area contributed by atoms with E-state index in [1.54, 1.807) is 11.8 Å². The van der Waals surface area contributed by atoms with E-state index in [-0.39, 0.29) is 57.0 Å². The maximum atomic E-state index is 14.1. The first-order valence-electron chi connectivity index (χ1n) is 12.0. The molecule has 2 amide bonds. The summed E-state index contributed by atoms with van der Waals surface area (Å²) in [5.74, 6) is -1.54. The first-order chi connectivity index (χ1) is 18.7. The van der Waals surface area contributed by atoms with E-state index in [1.165, 1.54) is 21.8 Å². The third-order valence-electron chi connectivity index (χ3n) is 6.41. The summed E-state index contributed by atoms with van der Waals surface area (Å²) in [4.78, 5) is 29.1. The van der Waals surface area contributed by atoms with Crippen LogP contribution in [-0.4, -0.2) is 76.4 Å². The smallest absolute Gasteiger partial charge is 0.339 e. The number of alkyl halides is 3. The Balaban J connectivity index is 1.37. The monoisotopic (exact) mass is 583 g/mol. The molecule has 0 spiro atoms. The molecule has 2 N–H and O–H groups in total. The molecule has 11 nitrogen and oxygen atoms in total. The van der Waals surface area contributed by atoms with Crippen LogP contribution in [0.2, 0.25) is 0 Å². The normalized spacial score (nSPS) is 14.4. The predicted molar refractivity (Wildman–Crippen MR) is 132 cm³/mol. The lowest BCUT2D eigenvalue weighted by Crippen LogP contribution is -2.50. The number of piperazine rings is 1. The molecule has 1 aromatic heterocycles. The average molecular weight is 584 g/mol. The van der Waals surface area contributed by atoms with Gasteiger partial charge in [-0.3, -0.25) is 9.59 Å². The van der Waals surface area contributed by atoms with Crippen molar-refractivity contribution in [1.82, 2.24) is 30.0 Å². The number of sulfonamides is 1. The summed E-state index contributed by atoms with van der Waals surface area (Å²) in [6, 6.07) is 6.21. The van der Waals surface area contributed by atoms with Gasteiger partial charge in [-0.25, -0.2) is 17.9 Å². The standard InChI is InChI=1S/C24H25F4N7O4S/c1-15-30-32-35(31-15)14-18-12-19(24(26,27)28)5-2-16(18)4-7-22(36)33-8-10-34(11-9-33)23(37)17-3-6-21(20(25)13-17)40(29,38)39/h2-3,5-6,12-13H,4,7-11,14H2,1H3,(H2,29,38,39). The first-order valence-corrected chi connectivity index (χ1v) is 13.6. The summed E-state index contributed by atoms with van der Waals surface area (Å²) < 4.78 is 76.8. The minimum atomic E-state index is -4.54. The molecule has 0 unspecified atom stereocenters. The molecule has 0 aliphatic carbocycles. The Morgan fingerprint density at radius 3 is 2.25 bits per heavy atom. The molecular weight excluding hydrogens is 558 g/mol. The number of halogens is 4. The van der Waals surface area contributed by atoms with E-state index >= 15 is 0 Å². The van der Waals surface area contributed by atoms with Crippen molar-refractivity contribution in [3.63, 3.8) is 0 Å². The zero-order chi connectivity index (χ0) is 29.2. The zero-order valence-corrected chi connectivity index (χ0v) is 22.0. The molecule has 0 atom stereocenters. The van der Waals surface area contributed by atoms with Crippen LogP contribution >= 0.6 is 0 Å². The van der Waals surface area contributed by atoms with Gasteiger partial charge in [-0.15, -0.1) is 10.2 Å². The number of aryl methyl sites for hydroxylation is 2. The number of aromatic nitrogens is 4. The van der Waals surface area contributed by atoms with Gasteiger partial charge in [0.05, 0.1) is 12.1 Å². The molecule has 1 fully saturated rings. The van der Waals surface area contributed by atoms with Gasteiger partial charge in [-0.1, -0.05) is 6.07 Å². The number of carbonyl (C=O) groups is 2. The van der Waals surface area contributed by atoms with E-state index in [1.807, 2.05) is 0 Å². The van der Waals surface area contributed by atoms with Gasteiger partial charge < -0.3 is 9.80 Å². The van der Waals surface area contributed by atoms with Gasteiger partial charge in [-0.05, 0) is 60.0 Å². The predicted octanol–water partition coefficient (Wildman–Crippen LogP) is 1.75. The topological polar surface area (TPSA) is 144 Å². The van der Waals surface area contributed by atoms with Crippen molar-refractivity contribution in [3.8, 4) is 0 Å². The molecule has 2 heterocycles. The van der Waals surface area contributed by atoms with Gasteiger partial charge in [0.15, 0.2) is 5.82 Å². The Morgan fingerprint density at radius 1 is 1.00 bits per heavy atom. The molecule has 214 valence electrons. The molecule has 0 bridgehead atoms. The molecule has 3 aromatic rings. The fourth-order valence-electron chi connectivity index (χ4n) is 4.34. The lowest BCUT2D eigenvalue weighted by atomic mass is 9.99. The third kappa shape index (κ3) is 6.80. The Hall–Kier alpha value is -3.92. The lowest BCUT2D eigenvalue weighted by Gasteiger charge is -2.35. The van der Waals surface area contributed by atoms with Crippen LogP contribution in [0.15, 0.2) is 41.3 Å². The van der Waals surface area contributed by atoms with Crippen LogP contribution in [0.5, 0.6) is 0 Å². The van der Waals surface area contributed by atoms with E-state index in [9.17, 15) is 35.6 Å². The van der Waals surface area contributed by atoms with Gasteiger partial charge >= 0.3 is 6.18 Å². The van der Waals surface area contributed by atoms with Crippen molar-refractivity contribution in [2.75, 3.05) is 26.2 Å². The highest BCUT2D eigenvalue weighted by Crippen LogP contribution is 2.31. The van der Waals surface area contributed by atoms with Crippen molar-refractivity contribution in [3.05, 3.63) is 70.3 Å². The Bertz CT molecular complexity index is 1530. The molecule has 0 radical (unpaired) electrons. The Labute approximate surface area is 226 Å². The van der Waals surface area contributed by atoms with Crippen molar-refractivity contribution in [2.24, 2.45) is 5.14 Å². The van der Waals surface area contributed by atoms with Crippen LogP contribution in [-0.2, 0) is 34.0 Å². The number of amides is 2. The Kier molecular flexibility index (Phi) is 8.20. The number of tetrazole rings is 1. The molecular formula is C24H25F4N7O4S. The third-order valence-corrected chi connectivity index (χ3v) is 7.36. The minimum Gasteiger partial charge on any atom is -0.339 e. The van der Waals surface area contributed by atoms with Gasteiger partial charge in [0, 0.05) is 38.2 Å². The van der Waals surface area contributed by atoms with Gasteiger partial charge in [-0.2, -0.15) is 18.0 Å². The molecule has 2 aromatic carbocycles. The number of hydrogen-bond acceptors (Lipinski definition) is 7. The Morgan fingerprint density at radius 2 is 1.68 bits per heavy atom. The van der Waals surface area contributed by atoms with E-state index in [4.69, 9.17) is 5.14 Å². The number of nitrogens with two attached hydrogens (primary N) is 1. The fraction of sp³-hybridized carbons (Fsp3) is 0.375. The number of benzene rings is 2. The van der Waals surface area contributed by atoms with Crippen molar-refractivity contribution in [1.29, 1.82) is 0 Å². The number of carbonyl (C=O) groups excluding carboxylic acids is 2. The summed E-state index contributed by atoms with van der Waals surface area (Å²) in [5.41, 5.74) is -0.0304. The van der Waals surface area contributed by atoms with Crippen molar-refractivity contribution < 1.29 is 35.6 Å². The maximum Gasteiger partial charge on any atom is 0.416 e. The van der Waals surface area contributed by atoms with Crippen LogP contribution < -0.4 is 5.14 Å². The second-order valence-corrected chi connectivity index (χ2v) is 10.7. The van der Waals surface area contributed by atoms with Crippen molar-refractivity contribution in [2.45, 2.75) is 37.4 Å². The second-order valence-electron chi connectivity index (χ2n) is 9.21. The molecule has 1 saturated heterocycles. The summed E-state index contributed by atoms with van der Waals surface area (Å²) >= 11 is 0. The summed E-state index contributed by atoms with van der Waals surface area (Å²) in [6.07, 6.45) is -4.34. The number of nitrogens with zero attached hydrogens (tertiary/aromatic N) is 6. The van der Waals surface area contributed by atoms with E-state index < -0.39 is 38.4 Å². The number of rotatable bonds is 7. The average Bonchev–Trinajstić information content (AvgIpc) is 3.30. The van der Waals surface area contributed by atoms with Crippen LogP contribution in [0.3, 0.4) is 0 Å². The molecule has 0 saturated carbocycles. The van der Waals surface area contributed by atoms with Gasteiger partial charge in [0.2, 0.25) is 15.9 Å². The summed E-state index contributed by atoms with van der Waals surface area (Å²) in [6.45, 7) is 2.27. The highest BCUT2D eigenvalue weighted by Gasteiger charge is 2.31. The first kappa shape index (κ1) is 29.1. The molecule has 1 aliphatic heterocycles. The highest BCUT2D eigenvalue weighted by molar-refractivity contribution is 7.89. The molecule has 1 aliphatic rings. The second kappa shape index (κ2) is 11.3. The highest BCUT2D eigenvalue weighted by atomic mass is 32.2. The van der Waals surface area contributed by atoms with Crippen LogP contribution in [0.4, 0.5) is 17.6 Å². The zero-order valence-electron chi connectivity index (χ0n) is 21.2. The van der Waals surface area contributed by atoms with E-state index in [0.717, 1.165) is 24.3 Å². The van der Waals surface area contributed by atoms with Crippen molar-refractivity contribution >= 4 is 21.8 Å². The van der Waals surface area contributed by atoms with Crippen LogP contribution in [0, 0.1) is 12.7 Å². The van der Waals surface area contributed by atoms with Gasteiger partial charge in [0.25, 0.3) is 5.91 Å². The summed E-state index contributed by atoms with van der Waals surface area (Å²) in [7, 11) is -4.27. The number of hydrogen-bond donors (Lipinski definition) is 1. The SMILES string of the molecule is Cc1nnn(Cc2cc(C(F)(F)F)ccc2CCC(=O)N2CCN(C(=O)c3ccc(S(N)(=O)=O)c(F)c3)CC2)n1. The minimum absolute atomic E-state index is 0.0242. The molecule has 40 heavy (non-hydrogen) atoms. The van der Waals surface area contributed by atoms with Gasteiger partial charge in [0.1, 0.15) is 10.7 Å². The van der Waals surface area contributed by atoms with Crippen LogP contribution in [0.25, 0.3) is 0 Å². The molecule has 16 heteroatoms. The molecule has 4 rings (SSSR count). The maximum absolute atomic E-state index is 14.1. The number of primary sulfonamides is 1. The largest absolute Gasteiger partial charge is 0.416 e.